The molecule has 0 spiro atoms. The molecule has 1 aromatic heterocycles. The van der Waals surface area contributed by atoms with Crippen LogP contribution in [0.15, 0.2) is 36.4 Å². The van der Waals surface area contributed by atoms with Crippen LogP contribution >= 0.6 is 45.5 Å². The minimum Gasteiger partial charge on any atom is -0.351 e. The van der Waals surface area contributed by atoms with Gasteiger partial charge in [-0.25, -0.2) is 0 Å². The van der Waals surface area contributed by atoms with Gasteiger partial charge < -0.3 is 10.6 Å². The Morgan fingerprint density at radius 2 is 2.00 bits per heavy atom. The molecule has 2 rings (SSSR count). The number of amides is 1. The Labute approximate surface area is 147 Å². The molecule has 0 aliphatic rings. The van der Waals surface area contributed by atoms with E-state index in [1.54, 1.807) is 11.3 Å². The van der Waals surface area contributed by atoms with E-state index in [0.29, 0.717) is 18.1 Å². The largest absolute Gasteiger partial charge is 0.351 e. The smallest absolute Gasteiger partial charge is 0.234 e. The monoisotopic (exact) mass is 434 g/mol. The SMILES string of the molecule is CC(NCC(=O)NCc1ccc(Cl)cc1)c1ccc(I)s1. The van der Waals surface area contributed by atoms with E-state index in [-0.39, 0.29) is 11.9 Å². The van der Waals surface area contributed by atoms with Crippen molar-refractivity contribution in [2.75, 3.05) is 6.54 Å². The van der Waals surface area contributed by atoms with Crippen molar-refractivity contribution in [3.8, 4) is 0 Å². The lowest BCUT2D eigenvalue weighted by Gasteiger charge is -2.12. The molecule has 3 nitrogen and oxygen atoms in total. The van der Waals surface area contributed by atoms with Crippen LogP contribution in [-0.4, -0.2) is 12.5 Å². The van der Waals surface area contributed by atoms with Crippen LogP contribution in [0.4, 0.5) is 0 Å². The molecule has 6 heteroatoms. The van der Waals surface area contributed by atoms with Crippen LogP contribution in [0.2, 0.25) is 5.02 Å². The maximum atomic E-state index is 11.8. The van der Waals surface area contributed by atoms with Crippen molar-refractivity contribution < 1.29 is 4.79 Å². The highest BCUT2D eigenvalue weighted by molar-refractivity contribution is 14.1. The van der Waals surface area contributed by atoms with Crippen LogP contribution in [0.25, 0.3) is 0 Å². The number of hydrogen-bond acceptors (Lipinski definition) is 3. The summed E-state index contributed by atoms with van der Waals surface area (Å²) in [5.74, 6) is -0.0111. The number of nitrogens with one attached hydrogen (secondary N) is 2. The van der Waals surface area contributed by atoms with Gasteiger partial charge in [-0.1, -0.05) is 23.7 Å². The lowest BCUT2D eigenvalue weighted by Crippen LogP contribution is -2.34. The fourth-order valence-electron chi connectivity index (χ4n) is 1.77. The Bertz CT molecular complexity index is 600. The van der Waals surface area contributed by atoms with Crippen LogP contribution in [0, 0.1) is 2.88 Å². The molecule has 0 saturated heterocycles. The summed E-state index contributed by atoms with van der Waals surface area (Å²) in [5.41, 5.74) is 1.04. The van der Waals surface area contributed by atoms with E-state index >= 15 is 0 Å². The predicted octanol–water partition coefficient (Wildman–Crippen LogP) is 3.97. The molecule has 2 N–H and O–H groups in total. The molecular formula is C15H16ClIN2OS. The summed E-state index contributed by atoms with van der Waals surface area (Å²) in [7, 11) is 0. The molecule has 0 bridgehead atoms. The van der Waals surface area contributed by atoms with Gasteiger partial charge in [0.2, 0.25) is 5.91 Å². The topological polar surface area (TPSA) is 41.1 Å². The molecule has 0 aliphatic heterocycles. The minimum absolute atomic E-state index is 0.0111. The quantitative estimate of drug-likeness (QED) is 0.676. The Morgan fingerprint density at radius 3 is 2.62 bits per heavy atom. The first-order chi connectivity index (χ1) is 10.0. The Hall–Kier alpha value is -0.630. The molecular weight excluding hydrogens is 419 g/mol. The minimum atomic E-state index is -0.0111. The van der Waals surface area contributed by atoms with Gasteiger partial charge in [0.05, 0.1) is 9.43 Å². The van der Waals surface area contributed by atoms with E-state index < -0.39 is 0 Å². The summed E-state index contributed by atoms with van der Waals surface area (Å²) < 4.78 is 1.25. The van der Waals surface area contributed by atoms with Gasteiger partial charge in [0.15, 0.2) is 0 Å². The number of halogens is 2. The average Bonchev–Trinajstić information content (AvgIpc) is 2.91. The first-order valence-corrected chi connectivity index (χ1v) is 8.81. The van der Waals surface area contributed by atoms with Gasteiger partial charge >= 0.3 is 0 Å². The second-order valence-corrected chi connectivity index (χ2v) is 8.09. The zero-order valence-corrected chi connectivity index (χ0v) is 15.3. The van der Waals surface area contributed by atoms with Gasteiger partial charge in [0.1, 0.15) is 0 Å². The van der Waals surface area contributed by atoms with E-state index in [2.05, 4.69) is 52.3 Å². The summed E-state index contributed by atoms with van der Waals surface area (Å²) in [5, 5.41) is 6.82. The van der Waals surface area contributed by atoms with Gasteiger partial charge in [-0.3, -0.25) is 4.79 Å². The predicted molar refractivity (Wildman–Crippen MR) is 96.8 cm³/mol. The average molecular weight is 435 g/mol. The van der Waals surface area contributed by atoms with E-state index in [0.717, 1.165) is 5.56 Å². The highest BCUT2D eigenvalue weighted by Crippen LogP contribution is 2.23. The van der Waals surface area contributed by atoms with Crippen molar-refractivity contribution in [3.63, 3.8) is 0 Å². The van der Waals surface area contributed by atoms with E-state index in [4.69, 9.17) is 11.6 Å². The van der Waals surface area contributed by atoms with Gasteiger partial charge in [0.25, 0.3) is 0 Å². The van der Waals surface area contributed by atoms with Crippen LogP contribution in [-0.2, 0) is 11.3 Å². The van der Waals surface area contributed by atoms with Crippen molar-refractivity contribution in [1.29, 1.82) is 0 Å². The molecule has 0 aliphatic carbocycles. The van der Waals surface area contributed by atoms with Crippen molar-refractivity contribution in [1.82, 2.24) is 10.6 Å². The van der Waals surface area contributed by atoms with Crippen LogP contribution in [0.3, 0.4) is 0 Å². The number of hydrogen-bond donors (Lipinski definition) is 2. The van der Waals surface area contributed by atoms with E-state index in [9.17, 15) is 4.79 Å². The molecule has 1 unspecified atom stereocenters. The van der Waals surface area contributed by atoms with Gasteiger partial charge in [-0.05, 0) is 59.3 Å². The summed E-state index contributed by atoms with van der Waals surface area (Å²) in [6, 6.07) is 11.8. The summed E-state index contributed by atoms with van der Waals surface area (Å²) >= 11 is 9.86. The fraction of sp³-hybridized carbons (Fsp3) is 0.267. The number of rotatable bonds is 6. The van der Waals surface area contributed by atoms with Crippen molar-refractivity contribution in [2.24, 2.45) is 0 Å². The van der Waals surface area contributed by atoms with Crippen molar-refractivity contribution in [3.05, 3.63) is 54.7 Å². The third-order valence-electron chi connectivity index (χ3n) is 2.99. The second-order valence-electron chi connectivity index (χ2n) is 4.65. The highest BCUT2D eigenvalue weighted by Gasteiger charge is 2.09. The molecule has 1 amide bonds. The van der Waals surface area contributed by atoms with Crippen molar-refractivity contribution >= 4 is 51.4 Å². The van der Waals surface area contributed by atoms with Crippen molar-refractivity contribution in [2.45, 2.75) is 19.5 Å². The lowest BCUT2D eigenvalue weighted by molar-refractivity contribution is -0.120. The maximum Gasteiger partial charge on any atom is 0.234 e. The van der Waals surface area contributed by atoms with E-state index in [1.165, 1.54) is 7.76 Å². The first kappa shape index (κ1) is 16.7. The maximum absolute atomic E-state index is 11.8. The number of thiophene rings is 1. The van der Waals surface area contributed by atoms with Crippen LogP contribution in [0.5, 0.6) is 0 Å². The van der Waals surface area contributed by atoms with Crippen LogP contribution in [0.1, 0.15) is 23.4 Å². The van der Waals surface area contributed by atoms with Gasteiger partial charge in [-0.15, -0.1) is 11.3 Å². The standard InChI is InChI=1S/C15H16ClIN2OS/c1-10(13-6-7-14(17)21-13)18-9-15(20)19-8-11-2-4-12(16)5-3-11/h2-7,10,18H,8-9H2,1H3,(H,19,20). The van der Waals surface area contributed by atoms with Gasteiger partial charge in [-0.2, -0.15) is 0 Å². The molecule has 1 atom stereocenters. The Balaban J connectivity index is 1.73. The Morgan fingerprint density at radius 1 is 1.29 bits per heavy atom. The normalized spacial score (nSPS) is 12.1. The molecule has 1 aromatic carbocycles. The summed E-state index contributed by atoms with van der Waals surface area (Å²) in [6.45, 7) is 2.89. The zero-order chi connectivity index (χ0) is 15.2. The number of carbonyl (C=O) groups is 1. The number of benzene rings is 1. The van der Waals surface area contributed by atoms with E-state index in [1.807, 2.05) is 24.3 Å². The number of carbonyl (C=O) groups excluding carboxylic acids is 1. The summed E-state index contributed by atoms with van der Waals surface area (Å²) in [4.78, 5) is 13.1. The third kappa shape index (κ3) is 5.58. The lowest BCUT2D eigenvalue weighted by atomic mass is 10.2. The zero-order valence-electron chi connectivity index (χ0n) is 11.5. The fourth-order valence-corrected chi connectivity index (χ4v) is 3.60. The first-order valence-electron chi connectivity index (χ1n) is 6.54. The molecule has 0 fully saturated rings. The van der Waals surface area contributed by atoms with Crippen LogP contribution < -0.4 is 10.6 Å². The summed E-state index contributed by atoms with van der Waals surface area (Å²) in [6.07, 6.45) is 0. The molecule has 0 saturated carbocycles. The third-order valence-corrected chi connectivity index (χ3v) is 5.32. The molecule has 21 heavy (non-hydrogen) atoms. The molecule has 0 radical (unpaired) electrons. The Kier molecular flexibility index (Phi) is 6.47. The molecule has 2 aromatic rings. The second kappa shape index (κ2) is 8.12. The molecule has 1 heterocycles. The highest BCUT2D eigenvalue weighted by atomic mass is 127. The molecule has 112 valence electrons. The van der Waals surface area contributed by atoms with Gasteiger partial charge in [0, 0.05) is 22.5 Å².